The highest BCUT2D eigenvalue weighted by molar-refractivity contribution is 5.76. The average Bonchev–Trinajstić information content (AvgIpc) is 2.52. The highest BCUT2D eigenvalue weighted by Gasteiger charge is 2.12. The van der Waals surface area contributed by atoms with Crippen molar-refractivity contribution in [3.05, 3.63) is 0 Å². The van der Waals surface area contributed by atoms with Crippen LogP contribution >= 0.6 is 0 Å². The lowest BCUT2D eigenvalue weighted by Gasteiger charge is -2.23. The van der Waals surface area contributed by atoms with Gasteiger partial charge in [0.2, 0.25) is 5.91 Å². The normalized spacial score (nSPS) is 10.9. The summed E-state index contributed by atoms with van der Waals surface area (Å²) in [5, 5.41) is 0. The molecule has 0 aliphatic carbocycles. The molecule has 0 rings (SSSR count). The zero-order valence-corrected chi connectivity index (χ0v) is 15.7. The van der Waals surface area contributed by atoms with Crippen molar-refractivity contribution in [2.24, 2.45) is 0 Å². The van der Waals surface area contributed by atoms with Crippen molar-refractivity contribution in [3.8, 4) is 0 Å². The van der Waals surface area contributed by atoms with Crippen molar-refractivity contribution in [2.45, 2.75) is 111 Å². The lowest BCUT2D eigenvalue weighted by Crippen LogP contribution is -2.32. The molecule has 0 bridgehead atoms. The smallest absolute Gasteiger partial charge is 0.222 e. The van der Waals surface area contributed by atoms with E-state index in [0.717, 1.165) is 25.9 Å². The molecule has 1 amide bonds. The summed E-state index contributed by atoms with van der Waals surface area (Å²) < 4.78 is 0. The Morgan fingerprint density at radius 1 is 0.591 bits per heavy atom. The molecule has 0 radical (unpaired) electrons. The van der Waals surface area contributed by atoms with Crippen LogP contribution in [0.1, 0.15) is 111 Å². The van der Waals surface area contributed by atoms with Crippen molar-refractivity contribution in [2.75, 3.05) is 13.1 Å². The highest BCUT2D eigenvalue weighted by Crippen LogP contribution is 2.11. The summed E-state index contributed by atoms with van der Waals surface area (Å²) in [6.45, 7) is 8.66. The first-order chi connectivity index (χ1) is 10.8. The second kappa shape index (κ2) is 16.8. The molecule has 0 heterocycles. The minimum Gasteiger partial charge on any atom is -0.343 e. The van der Waals surface area contributed by atoms with E-state index in [2.05, 4.69) is 25.7 Å². The predicted octanol–water partition coefficient (Wildman–Crippen LogP) is 6.34. The van der Waals surface area contributed by atoms with Crippen LogP contribution in [-0.2, 0) is 4.79 Å². The van der Waals surface area contributed by atoms with Crippen LogP contribution in [0.3, 0.4) is 0 Å². The van der Waals surface area contributed by atoms with Gasteiger partial charge in [0.25, 0.3) is 0 Å². The van der Waals surface area contributed by atoms with E-state index in [9.17, 15) is 4.79 Å². The number of hydrogen-bond donors (Lipinski definition) is 0. The van der Waals surface area contributed by atoms with Gasteiger partial charge in [-0.25, -0.2) is 0 Å². The van der Waals surface area contributed by atoms with Gasteiger partial charge in [-0.2, -0.15) is 0 Å². The fourth-order valence-electron chi connectivity index (χ4n) is 2.86. The third-order valence-electron chi connectivity index (χ3n) is 4.41. The van der Waals surface area contributed by atoms with Gasteiger partial charge in [0.15, 0.2) is 0 Å². The topological polar surface area (TPSA) is 20.3 Å². The van der Waals surface area contributed by atoms with E-state index in [4.69, 9.17) is 0 Å². The molecule has 22 heavy (non-hydrogen) atoms. The fourth-order valence-corrected chi connectivity index (χ4v) is 2.86. The van der Waals surface area contributed by atoms with Crippen LogP contribution in [-0.4, -0.2) is 23.9 Å². The van der Waals surface area contributed by atoms with Gasteiger partial charge in [-0.15, -0.1) is 0 Å². The molecule has 0 unspecified atom stereocenters. The molecule has 0 aromatic carbocycles. The van der Waals surface area contributed by atoms with Gasteiger partial charge in [-0.05, 0) is 19.3 Å². The first kappa shape index (κ1) is 21.5. The lowest BCUT2D eigenvalue weighted by atomic mass is 10.1. The first-order valence-corrected chi connectivity index (χ1v) is 10.0. The second-order valence-electron chi connectivity index (χ2n) is 6.67. The molecule has 2 heteroatoms. The molecule has 0 spiro atoms. The van der Waals surface area contributed by atoms with Crippen LogP contribution in [0.4, 0.5) is 0 Å². The van der Waals surface area contributed by atoms with Crippen LogP contribution in [0.15, 0.2) is 0 Å². The number of hydrogen-bond acceptors (Lipinski definition) is 1. The molecule has 0 saturated carbocycles. The maximum Gasteiger partial charge on any atom is 0.222 e. The summed E-state index contributed by atoms with van der Waals surface area (Å²) in [6.07, 6.45) is 17.1. The van der Waals surface area contributed by atoms with Gasteiger partial charge in [0, 0.05) is 19.5 Å². The van der Waals surface area contributed by atoms with E-state index in [1.165, 1.54) is 77.0 Å². The minimum atomic E-state index is 0.403. The molecule has 132 valence electrons. The maximum absolute atomic E-state index is 12.4. The SMILES string of the molecule is CCCCCCCCCC(=O)N(CCCCC)CCCCC. The number of amides is 1. The van der Waals surface area contributed by atoms with Crippen LogP contribution in [0.5, 0.6) is 0 Å². The molecule has 0 N–H and O–H groups in total. The van der Waals surface area contributed by atoms with E-state index in [1.807, 2.05) is 0 Å². The van der Waals surface area contributed by atoms with E-state index in [0.29, 0.717) is 5.91 Å². The number of carbonyl (C=O) groups excluding carboxylic acids is 1. The van der Waals surface area contributed by atoms with E-state index in [-0.39, 0.29) is 0 Å². The Kier molecular flexibility index (Phi) is 16.4. The molecule has 0 atom stereocenters. The Morgan fingerprint density at radius 3 is 1.50 bits per heavy atom. The van der Waals surface area contributed by atoms with Crippen LogP contribution in [0.25, 0.3) is 0 Å². The molecule has 0 aliphatic rings. The van der Waals surface area contributed by atoms with E-state index < -0.39 is 0 Å². The van der Waals surface area contributed by atoms with Gasteiger partial charge in [-0.1, -0.05) is 85.0 Å². The monoisotopic (exact) mass is 311 g/mol. The van der Waals surface area contributed by atoms with Crippen LogP contribution < -0.4 is 0 Å². The van der Waals surface area contributed by atoms with Crippen LogP contribution in [0.2, 0.25) is 0 Å². The number of carbonyl (C=O) groups is 1. The van der Waals surface area contributed by atoms with Crippen molar-refractivity contribution in [3.63, 3.8) is 0 Å². The Bertz CT molecular complexity index is 230. The molecule has 2 nitrogen and oxygen atoms in total. The van der Waals surface area contributed by atoms with Crippen molar-refractivity contribution >= 4 is 5.91 Å². The summed E-state index contributed by atoms with van der Waals surface area (Å²) in [4.78, 5) is 14.5. The maximum atomic E-state index is 12.4. The van der Waals surface area contributed by atoms with Gasteiger partial charge in [-0.3, -0.25) is 4.79 Å². The van der Waals surface area contributed by atoms with Gasteiger partial charge < -0.3 is 4.90 Å². The molecule has 0 aromatic rings. The quantitative estimate of drug-likeness (QED) is 0.305. The molecule has 0 fully saturated rings. The van der Waals surface area contributed by atoms with Crippen molar-refractivity contribution in [1.82, 2.24) is 4.90 Å². The standard InChI is InChI=1S/C20H41NO/c1-4-7-10-11-12-13-14-17-20(22)21(18-15-8-5-2)19-16-9-6-3/h4-19H2,1-3H3. The van der Waals surface area contributed by atoms with E-state index >= 15 is 0 Å². The largest absolute Gasteiger partial charge is 0.343 e. The van der Waals surface area contributed by atoms with Gasteiger partial charge in [0.1, 0.15) is 0 Å². The average molecular weight is 312 g/mol. The Hall–Kier alpha value is -0.530. The van der Waals surface area contributed by atoms with Crippen molar-refractivity contribution < 1.29 is 4.79 Å². The molecular weight excluding hydrogens is 270 g/mol. The van der Waals surface area contributed by atoms with E-state index in [1.54, 1.807) is 0 Å². The van der Waals surface area contributed by atoms with Crippen molar-refractivity contribution in [1.29, 1.82) is 0 Å². The Morgan fingerprint density at radius 2 is 1.00 bits per heavy atom. The molecule has 0 aliphatic heterocycles. The molecular formula is C20H41NO. The summed E-state index contributed by atoms with van der Waals surface area (Å²) in [7, 11) is 0. The zero-order valence-electron chi connectivity index (χ0n) is 15.7. The molecule has 0 aromatic heterocycles. The van der Waals surface area contributed by atoms with Gasteiger partial charge in [0.05, 0.1) is 0 Å². The summed E-state index contributed by atoms with van der Waals surface area (Å²) in [5.41, 5.74) is 0. The third-order valence-corrected chi connectivity index (χ3v) is 4.41. The van der Waals surface area contributed by atoms with Gasteiger partial charge >= 0.3 is 0 Å². The summed E-state index contributed by atoms with van der Waals surface area (Å²) in [5.74, 6) is 0.403. The minimum absolute atomic E-state index is 0.403. The van der Waals surface area contributed by atoms with Crippen LogP contribution in [0, 0.1) is 0 Å². The second-order valence-corrected chi connectivity index (χ2v) is 6.67. The third kappa shape index (κ3) is 13.2. The fraction of sp³-hybridized carbons (Fsp3) is 0.950. The highest BCUT2D eigenvalue weighted by atomic mass is 16.2. The summed E-state index contributed by atoms with van der Waals surface area (Å²) in [6, 6.07) is 0. The first-order valence-electron chi connectivity index (χ1n) is 10.0. The number of nitrogens with zero attached hydrogens (tertiary/aromatic N) is 1. The lowest BCUT2D eigenvalue weighted by molar-refractivity contribution is -0.131. The zero-order chi connectivity index (χ0) is 16.5. The number of unbranched alkanes of at least 4 members (excludes halogenated alkanes) is 10. The summed E-state index contributed by atoms with van der Waals surface area (Å²) >= 11 is 0. The Labute approximate surface area is 140 Å². The number of rotatable bonds is 16. The predicted molar refractivity (Wildman–Crippen MR) is 98.2 cm³/mol. The Balaban J connectivity index is 3.83. The molecule has 0 saturated heterocycles.